The van der Waals surface area contributed by atoms with E-state index in [1.54, 1.807) is 35.8 Å². The minimum atomic E-state index is -0.665. The van der Waals surface area contributed by atoms with E-state index in [0.29, 0.717) is 23.7 Å². The lowest BCUT2D eigenvalue weighted by atomic mass is 10.1. The van der Waals surface area contributed by atoms with Gasteiger partial charge in [-0.2, -0.15) is 5.10 Å². The average molecular weight is 440 g/mol. The summed E-state index contributed by atoms with van der Waals surface area (Å²) in [6, 6.07) is 11.7. The van der Waals surface area contributed by atoms with Crippen LogP contribution in [-0.4, -0.2) is 43.4 Å². The number of esters is 1. The van der Waals surface area contributed by atoms with Crippen molar-refractivity contribution in [3.05, 3.63) is 70.3 Å². The van der Waals surface area contributed by atoms with Crippen molar-refractivity contribution in [2.24, 2.45) is 5.10 Å². The number of methoxy groups -OCH3 is 2. The maximum absolute atomic E-state index is 12.9. The second-order valence-corrected chi connectivity index (χ2v) is 7.62. The number of ether oxygens (including phenoxy) is 3. The Bertz CT molecular complexity index is 1070. The Morgan fingerprint density at radius 1 is 1.16 bits per heavy atom. The van der Waals surface area contributed by atoms with Crippen LogP contribution in [0.15, 0.2) is 63.6 Å². The molecule has 0 aliphatic carbocycles. The molecule has 1 atom stereocenters. The lowest BCUT2D eigenvalue weighted by Gasteiger charge is -2.19. The Morgan fingerprint density at radius 2 is 1.94 bits per heavy atom. The first kappa shape index (κ1) is 20.7. The smallest absolute Gasteiger partial charge is 0.338 e. The third-order valence-corrected chi connectivity index (χ3v) is 5.68. The predicted octanol–water partition coefficient (Wildman–Crippen LogP) is 3.89. The zero-order valence-corrected chi connectivity index (χ0v) is 17.8. The molecular formula is C22H20N2O6S. The van der Waals surface area contributed by atoms with Crippen LogP contribution in [0.3, 0.4) is 0 Å². The Hall–Kier alpha value is -3.59. The molecule has 0 saturated heterocycles. The van der Waals surface area contributed by atoms with Gasteiger partial charge >= 0.3 is 5.97 Å². The lowest BCUT2D eigenvalue weighted by molar-refractivity contribution is -0.136. The molecule has 160 valence electrons. The highest BCUT2D eigenvalue weighted by atomic mass is 32.1. The Kier molecular flexibility index (Phi) is 6.03. The number of hydrogen-bond acceptors (Lipinski definition) is 8. The maximum Gasteiger partial charge on any atom is 0.338 e. The Morgan fingerprint density at radius 3 is 2.55 bits per heavy atom. The van der Waals surface area contributed by atoms with Gasteiger partial charge in [0.25, 0.3) is 5.91 Å². The zero-order chi connectivity index (χ0) is 21.8. The quantitative estimate of drug-likeness (QED) is 0.518. The molecule has 0 N–H and O–H groups in total. The van der Waals surface area contributed by atoms with Crippen LogP contribution in [0.5, 0.6) is 11.5 Å². The Balaban J connectivity index is 1.49. The summed E-state index contributed by atoms with van der Waals surface area (Å²) in [5.74, 6) is 0.394. The number of hydrazone groups is 1. The van der Waals surface area contributed by atoms with Crippen LogP contribution in [-0.2, 0) is 9.53 Å². The van der Waals surface area contributed by atoms with Crippen molar-refractivity contribution >= 4 is 28.9 Å². The third-order valence-electron chi connectivity index (χ3n) is 4.76. The minimum absolute atomic E-state index is 0.218. The topological polar surface area (TPSA) is 90.6 Å². The second kappa shape index (κ2) is 9.05. The summed E-state index contributed by atoms with van der Waals surface area (Å²) in [5, 5.41) is 7.77. The SMILES string of the molecule is COc1cc(OC)cc(C(=O)OCC(=O)N2N=C(c3cccs3)CC2c2ccco2)c1. The Labute approximate surface area is 182 Å². The van der Waals surface area contributed by atoms with Crippen molar-refractivity contribution in [3.63, 3.8) is 0 Å². The maximum atomic E-state index is 12.9. The monoisotopic (exact) mass is 440 g/mol. The number of furan rings is 1. The molecule has 1 aliphatic rings. The van der Waals surface area contributed by atoms with Crippen molar-refractivity contribution in [2.45, 2.75) is 12.5 Å². The van der Waals surface area contributed by atoms with E-state index in [1.165, 1.54) is 31.4 Å². The molecule has 1 amide bonds. The summed E-state index contributed by atoms with van der Waals surface area (Å²) < 4.78 is 21.1. The fourth-order valence-corrected chi connectivity index (χ4v) is 3.96. The molecule has 31 heavy (non-hydrogen) atoms. The standard InChI is InChI=1S/C22H20N2O6S/c1-27-15-9-14(10-16(11-15)28-2)22(26)30-13-21(25)24-18(19-5-3-7-29-19)12-17(23-24)20-6-4-8-31-20/h3-11,18H,12-13H2,1-2H3. The van der Waals surface area contributed by atoms with Crippen molar-refractivity contribution in [1.29, 1.82) is 0 Å². The molecule has 0 fully saturated rings. The number of hydrogen-bond donors (Lipinski definition) is 0. The van der Waals surface area contributed by atoms with Crippen LogP contribution in [0.4, 0.5) is 0 Å². The molecule has 1 aromatic carbocycles. The zero-order valence-electron chi connectivity index (χ0n) is 16.9. The van der Waals surface area contributed by atoms with Gasteiger partial charge in [-0.3, -0.25) is 4.79 Å². The molecule has 0 radical (unpaired) electrons. The largest absolute Gasteiger partial charge is 0.497 e. The lowest BCUT2D eigenvalue weighted by Crippen LogP contribution is -2.31. The highest BCUT2D eigenvalue weighted by Gasteiger charge is 2.35. The number of nitrogens with zero attached hydrogens (tertiary/aromatic N) is 2. The van der Waals surface area contributed by atoms with Crippen LogP contribution in [0, 0.1) is 0 Å². The van der Waals surface area contributed by atoms with Gasteiger partial charge in [0.05, 0.1) is 36.6 Å². The van der Waals surface area contributed by atoms with Gasteiger partial charge in [-0.1, -0.05) is 6.07 Å². The van der Waals surface area contributed by atoms with E-state index in [2.05, 4.69) is 5.10 Å². The minimum Gasteiger partial charge on any atom is -0.497 e. The van der Waals surface area contributed by atoms with Crippen LogP contribution in [0.25, 0.3) is 0 Å². The van der Waals surface area contributed by atoms with Crippen molar-refractivity contribution in [1.82, 2.24) is 5.01 Å². The number of thiophene rings is 1. The predicted molar refractivity (Wildman–Crippen MR) is 114 cm³/mol. The van der Waals surface area contributed by atoms with Crippen LogP contribution < -0.4 is 9.47 Å². The van der Waals surface area contributed by atoms with E-state index in [4.69, 9.17) is 18.6 Å². The first-order chi connectivity index (χ1) is 15.1. The first-order valence-corrected chi connectivity index (χ1v) is 10.3. The number of carbonyl (C=O) groups excluding carboxylic acids is 2. The van der Waals surface area contributed by atoms with Crippen molar-refractivity contribution < 1.29 is 28.2 Å². The molecule has 0 bridgehead atoms. The van der Waals surface area contributed by atoms with E-state index in [9.17, 15) is 9.59 Å². The summed E-state index contributed by atoms with van der Waals surface area (Å²) >= 11 is 1.55. The van der Waals surface area contributed by atoms with E-state index in [1.807, 2.05) is 17.5 Å². The number of rotatable bonds is 7. The molecule has 3 aromatic rings. The van der Waals surface area contributed by atoms with Gasteiger partial charge in [0.1, 0.15) is 23.3 Å². The number of carbonyl (C=O) groups is 2. The molecular weight excluding hydrogens is 420 g/mol. The summed E-state index contributed by atoms with van der Waals surface area (Å²) in [5.41, 5.74) is 1.00. The van der Waals surface area contributed by atoms with Crippen LogP contribution >= 0.6 is 11.3 Å². The average Bonchev–Trinajstić information content (AvgIpc) is 3.56. The first-order valence-electron chi connectivity index (χ1n) is 9.46. The molecule has 2 aromatic heterocycles. The van der Waals surface area contributed by atoms with Gasteiger partial charge in [0, 0.05) is 12.5 Å². The van der Waals surface area contributed by atoms with Crippen LogP contribution in [0.2, 0.25) is 0 Å². The van der Waals surface area contributed by atoms with E-state index in [-0.39, 0.29) is 5.56 Å². The van der Waals surface area contributed by atoms with Gasteiger partial charge in [0.15, 0.2) is 6.61 Å². The van der Waals surface area contributed by atoms with E-state index in [0.717, 1.165) is 10.6 Å². The van der Waals surface area contributed by atoms with Gasteiger partial charge in [-0.15, -0.1) is 11.3 Å². The fraction of sp³-hybridized carbons (Fsp3) is 0.227. The second-order valence-electron chi connectivity index (χ2n) is 6.68. The molecule has 1 unspecified atom stereocenters. The highest BCUT2D eigenvalue weighted by Crippen LogP contribution is 2.34. The van der Waals surface area contributed by atoms with Gasteiger partial charge in [0.2, 0.25) is 0 Å². The summed E-state index contributed by atoms with van der Waals surface area (Å²) in [6.45, 7) is -0.462. The van der Waals surface area contributed by atoms with Crippen molar-refractivity contribution in [2.75, 3.05) is 20.8 Å². The number of benzene rings is 1. The summed E-state index contributed by atoms with van der Waals surface area (Å²) in [6.07, 6.45) is 2.07. The van der Waals surface area contributed by atoms with Crippen molar-refractivity contribution in [3.8, 4) is 11.5 Å². The molecule has 8 nitrogen and oxygen atoms in total. The fourth-order valence-electron chi connectivity index (χ4n) is 3.24. The summed E-state index contributed by atoms with van der Waals surface area (Å²) in [7, 11) is 2.97. The third kappa shape index (κ3) is 4.46. The van der Waals surface area contributed by atoms with Crippen LogP contribution in [0.1, 0.15) is 33.5 Å². The summed E-state index contributed by atoms with van der Waals surface area (Å²) in [4.78, 5) is 26.4. The molecule has 9 heteroatoms. The molecule has 0 spiro atoms. The van der Waals surface area contributed by atoms with Gasteiger partial charge < -0.3 is 18.6 Å². The molecule has 3 heterocycles. The molecule has 0 saturated carbocycles. The van der Waals surface area contributed by atoms with E-state index >= 15 is 0 Å². The molecule has 1 aliphatic heterocycles. The van der Waals surface area contributed by atoms with Gasteiger partial charge in [-0.05, 0) is 35.7 Å². The normalized spacial score (nSPS) is 15.5. The highest BCUT2D eigenvalue weighted by molar-refractivity contribution is 7.12. The van der Waals surface area contributed by atoms with E-state index < -0.39 is 24.5 Å². The van der Waals surface area contributed by atoms with Gasteiger partial charge in [-0.25, -0.2) is 9.80 Å². The number of amides is 1. The molecule has 4 rings (SSSR count).